The highest BCUT2D eigenvalue weighted by Gasteiger charge is 2.24. The summed E-state index contributed by atoms with van der Waals surface area (Å²) < 4.78 is 24.4. The van der Waals surface area contributed by atoms with Crippen molar-refractivity contribution in [1.82, 2.24) is 5.32 Å². The van der Waals surface area contributed by atoms with E-state index in [2.05, 4.69) is 5.32 Å². The Morgan fingerprint density at radius 2 is 1.80 bits per heavy atom. The first-order chi connectivity index (χ1) is 12.0. The number of fused-ring (bicyclic) bond motifs is 1. The van der Waals surface area contributed by atoms with Crippen molar-refractivity contribution in [2.24, 2.45) is 0 Å². The van der Waals surface area contributed by atoms with E-state index in [0.29, 0.717) is 25.3 Å². The predicted octanol–water partition coefficient (Wildman–Crippen LogP) is 3.55. The van der Waals surface area contributed by atoms with Gasteiger partial charge in [-0.1, -0.05) is 18.2 Å². The average molecular weight is 345 g/mol. The Bertz CT molecular complexity index is 715. The van der Waals surface area contributed by atoms with Crippen molar-refractivity contribution < 1.29 is 19.0 Å². The molecular weight excluding hydrogens is 321 g/mol. The second kappa shape index (κ2) is 7.42. The molecule has 1 aliphatic rings. The minimum Gasteiger partial charge on any atom is -0.490 e. The molecule has 0 radical (unpaired) electrons. The zero-order chi connectivity index (χ0) is 17.9. The lowest BCUT2D eigenvalue weighted by Crippen LogP contribution is -2.36. The van der Waals surface area contributed by atoms with Crippen LogP contribution in [0.4, 0.5) is 4.39 Å². The molecule has 0 fully saturated rings. The number of halogens is 1. The molecule has 5 heteroatoms. The Morgan fingerprint density at radius 1 is 1.12 bits per heavy atom. The van der Waals surface area contributed by atoms with E-state index in [9.17, 15) is 9.50 Å². The van der Waals surface area contributed by atoms with Gasteiger partial charge in [0.15, 0.2) is 11.5 Å². The van der Waals surface area contributed by atoms with Gasteiger partial charge < -0.3 is 19.9 Å². The van der Waals surface area contributed by atoms with E-state index in [1.54, 1.807) is 19.1 Å². The molecule has 0 saturated heterocycles. The van der Waals surface area contributed by atoms with Crippen molar-refractivity contribution in [3.8, 4) is 11.5 Å². The molecule has 0 saturated carbocycles. The summed E-state index contributed by atoms with van der Waals surface area (Å²) in [6, 6.07) is 11.8. The number of rotatable bonds is 5. The van der Waals surface area contributed by atoms with Gasteiger partial charge in [-0.2, -0.15) is 0 Å². The van der Waals surface area contributed by atoms with E-state index in [-0.39, 0.29) is 11.9 Å². The SMILES string of the molecule is CC(NCC(C)(O)c1ccc(F)cc1)c1ccc2c(c1)OCCCO2. The van der Waals surface area contributed by atoms with Gasteiger partial charge in [0, 0.05) is 19.0 Å². The lowest BCUT2D eigenvalue weighted by molar-refractivity contribution is 0.0543. The van der Waals surface area contributed by atoms with E-state index in [0.717, 1.165) is 23.5 Å². The second-order valence-electron chi connectivity index (χ2n) is 6.64. The minimum atomic E-state index is -1.09. The fourth-order valence-corrected chi connectivity index (χ4v) is 2.83. The average Bonchev–Trinajstić information content (AvgIpc) is 2.85. The van der Waals surface area contributed by atoms with Gasteiger partial charge in [-0.3, -0.25) is 0 Å². The maximum atomic E-state index is 13.1. The first-order valence-corrected chi connectivity index (χ1v) is 8.57. The van der Waals surface area contributed by atoms with Crippen molar-refractivity contribution in [2.45, 2.75) is 31.9 Å². The van der Waals surface area contributed by atoms with Gasteiger partial charge in [0.05, 0.1) is 18.8 Å². The van der Waals surface area contributed by atoms with Crippen LogP contribution >= 0.6 is 0 Å². The molecule has 2 N–H and O–H groups in total. The highest BCUT2D eigenvalue weighted by atomic mass is 19.1. The van der Waals surface area contributed by atoms with Gasteiger partial charge in [0.25, 0.3) is 0 Å². The zero-order valence-corrected chi connectivity index (χ0v) is 14.6. The number of ether oxygens (including phenoxy) is 2. The Balaban J connectivity index is 1.66. The van der Waals surface area contributed by atoms with Crippen LogP contribution in [-0.2, 0) is 5.60 Å². The smallest absolute Gasteiger partial charge is 0.161 e. The highest BCUT2D eigenvalue weighted by molar-refractivity contribution is 5.44. The van der Waals surface area contributed by atoms with Crippen LogP contribution in [0.3, 0.4) is 0 Å². The molecule has 2 aromatic carbocycles. The first kappa shape index (κ1) is 17.7. The van der Waals surface area contributed by atoms with Gasteiger partial charge >= 0.3 is 0 Å². The molecule has 4 nitrogen and oxygen atoms in total. The Kier molecular flexibility index (Phi) is 5.25. The lowest BCUT2D eigenvalue weighted by Gasteiger charge is -2.27. The van der Waals surface area contributed by atoms with Crippen molar-refractivity contribution in [3.05, 3.63) is 59.4 Å². The standard InChI is InChI=1S/C20H24FNO3/c1-14(15-4-9-18-19(12-15)25-11-3-10-24-18)22-13-20(2,23)16-5-7-17(21)8-6-16/h4-9,12,14,22-23H,3,10-11,13H2,1-2H3. The summed E-state index contributed by atoms with van der Waals surface area (Å²) in [6.07, 6.45) is 0.873. The van der Waals surface area contributed by atoms with Gasteiger partial charge in [0.2, 0.25) is 0 Å². The molecule has 0 spiro atoms. The molecule has 0 bridgehead atoms. The van der Waals surface area contributed by atoms with E-state index in [1.165, 1.54) is 12.1 Å². The lowest BCUT2D eigenvalue weighted by atomic mass is 9.95. The minimum absolute atomic E-state index is 0.0177. The zero-order valence-electron chi connectivity index (χ0n) is 14.6. The third kappa shape index (κ3) is 4.30. The quantitative estimate of drug-likeness (QED) is 0.870. The monoisotopic (exact) mass is 345 g/mol. The largest absolute Gasteiger partial charge is 0.490 e. The van der Waals surface area contributed by atoms with Crippen molar-refractivity contribution in [3.63, 3.8) is 0 Å². The Hall–Kier alpha value is -2.11. The van der Waals surface area contributed by atoms with Crippen molar-refractivity contribution >= 4 is 0 Å². The van der Waals surface area contributed by atoms with Crippen LogP contribution in [0.25, 0.3) is 0 Å². The molecule has 25 heavy (non-hydrogen) atoms. The normalized spacial score (nSPS) is 17.4. The van der Waals surface area contributed by atoms with Gasteiger partial charge in [-0.05, 0) is 49.2 Å². The van der Waals surface area contributed by atoms with Gasteiger partial charge in [-0.15, -0.1) is 0 Å². The van der Waals surface area contributed by atoms with Crippen LogP contribution < -0.4 is 14.8 Å². The summed E-state index contributed by atoms with van der Waals surface area (Å²) in [7, 11) is 0. The van der Waals surface area contributed by atoms with E-state index in [1.807, 2.05) is 25.1 Å². The predicted molar refractivity (Wildman–Crippen MR) is 94.4 cm³/mol. The molecule has 0 aromatic heterocycles. The third-order valence-corrected chi connectivity index (χ3v) is 4.49. The molecule has 2 atom stereocenters. The Labute approximate surface area is 147 Å². The van der Waals surface area contributed by atoms with E-state index >= 15 is 0 Å². The molecule has 0 aliphatic carbocycles. The van der Waals surface area contributed by atoms with Crippen LogP contribution in [0, 0.1) is 5.82 Å². The molecular formula is C20H24FNO3. The third-order valence-electron chi connectivity index (χ3n) is 4.49. The first-order valence-electron chi connectivity index (χ1n) is 8.57. The van der Waals surface area contributed by atoms with Crippen LogP contribution in [-0.4, -0.2) is 24.9 Å². The van der Waals surface area contributed by atoms with E-state index in [4.69, 9.17) is 9.47 Å². The maximum Gasteiger partial charge on any atom is 0.161 e. The molecule has 3 rings (SSSR count). The molecule has 2 aromatic rings. The topological polar surface area (TPSA) is 50.7 Å². The van der Waals surface area contributed by atoms with E-state index < -0.39 is 5.60 Å². The summed E-state index contributed by atoms with van der Waals surface area (Å²) in [5.74, 6) is 1.22. The molecule has 1 heterocycles. The fraction of sp³-hybridized carbons (Fsp3) is 0.400. The summed E-state index contributed by atoms with van der Waals surface area (Å²) in [6.45, 7) is 5.40. The number of hydrogen-bond donors (Lipinski definition) is 2. The van der Waals surface area contributed by atoms with Crippen LogP contribution in [0.2, 0.25) is 0 Å². The summed E-state index contributed by atoms with van der Waals surface area (Å²) in [5.41, 5.74) is 0.638. The molecule has 2 unspecified atom stereocenters. The summed E-state index contributed by atoms with van der Waals surface area (Å²) >= 11 is 0. The van der Waals surface area contributed by atoms with Crippen LogP contribution in [0.5, 0.6) is 11.5 Å². The van der Waals surface area contributed by atoms with Crippen molar-refractivity contribution in [1.29, 1.82) is 0 Å². The maximum absolute atomic E-state index is 13.1. The summed E-state index contributed by atoms with van der Waals surface area (Å²) in [4.78, 5) is 0. The van der Waals surface area contributed by atoms with Crippen LogP contribution in [0.15, 0.2) is 42.5 Å². The Morgan fingerprint density at radius 3 is 2.52 bits per heavy atom. The molecule has 1 aliphatic heterocycles. The number of nitrogens with one attached hydrogen (secondary N) is 1. The van der Waals surface area contributed by atoms with Gasteiger partial charge in [-0.25, -0.2) is 4.39 Å². The van der Waals surface area contributed by atoms with Gasteiger partial charge in [0.1, 0.15) is 5.82 Å². The number of hydrogen-bond acceptors (Lipinski definition) is 4. The van der Waals surface area contributed by atoms with Crippen LogP contribution in [0.1, 0.15) is 37.4 Å². The number of aliphatic hydroxyl groups is 1. The molecule has 0 amide bonds. The fourth-order valence-electron chi connectivity index (χ4n) is 2.83. The number of benzene rings is 2. The molecule has 134 valence electrons. The van der Waals surface area contributed by atoms with Crippen molar-refractivity contribution in [2.75, 3.05) is 19.8 Å². The second-order valence-corrected chi connectivity index (χ2v) is 6.64. The summed E-state index contributed by atoms with van der Waals surface area (Å²) in [5, 5.41) is 14.0. The highest BCUT2D eigenvalue weighted by Crippen LogP contribution is 2.32.